The fourth-order valence-corrected chi connectivity index (χ4v) is 0.771. The Bertz CT molecular complexity index is 155. The summed E-state index contributed by atoms with van der Waals surface area (Å²) in [5.74, 6) is -0.302. The number of rotatable bonds is 4. The standard InChI is InChI=1S/C9H19NO2/c1-5-9(3,4)7(10)8(11)12-6-2/h7H,5-6,10H2,1-4H3. The van der Waals surface area contributed by atoms with Gasteiger partial charge in [0.2, 0.25) is 0 Å². The van der Waals surface area contributed by atoms with Gasteiger partial charge in [0.05, 0.1) is 6.61 Å². The monoisotopic (exact) mass is 173 g/mol. The number of hydrogen-bond donors (Lipinski definition) is 1. The Hall–Kier alpha value is -0.570. The van der Waals surface area contributed by atoms with Crippen LogP contribution in [0.3, 0.4) is 0 Å². The number of hydrogen-bond acceptors (Lipinski definition) is 3. The molecule has 0 aromatic heterocycles. The molecular formula is C9H19NO2. The molecule has 0 aromatic carbocycles. The molecule has 0 fully saturated rings. The molecule has 0 saturated carbocycles. The van der Waals surface area contributed by atoms with Crippen LogP contribution in [0.15, 0.2) is 0 Å². The van der Waals surface area contributed by atoms with Gasteiger partial charge < -0.3 is 10.5 Å². The van der Waals surface area contributed by atoms with Crippen molar-refractivity contribution in [1.82, 2.24) is 0 Å². The Morgan fingerprint density at radius 3 is 2.33 bits per heavy atom. The van der Waals surface area contributed by atoms with Crippen LogP contribution in [-0.4, -0.2) is 18.6 Å². The number of nitrogens with two attached hydrogens (primary N) is 1. The van der Waals surface area contributed by atoms with Crippen molar-refractivity contribution in [3.8, 4) is 0 Å². The van der Waals surface area contributed by atoms with Gasteiger partial charge >= 0.3 is 5.97 Å². The molecule has 0 bridgehead atoms. The van der Waals surface area contributed by atoms with Gasteiger partial charge in [-0.15, -0.1) is 0 Å². The first-order valence-corrected chi connectivity index (χ1v) is 4.38. The molecule has 3 heteroatoms. The molecule has 0 rings (SSSR count). The van der Waals surface area contributed by atoms with Crippen molar-refractivity contribution < 1.29 is 9.53 Å². The molecule has 1 unspecified atom stereocenters. The van der Waals surface area contributed by atoms with E-state index < -0.39 is 6.04 Å². The molecule has 0 saturated heterocycles. The first kappa shape index (κ1) is 11.4. The largest absolute Gasteiger partial charge is 0.465 e. The third-order valence-corrected chi connectivity index (χ3v) is 2.29. The zero-order chi connectivity index (χ0) is 9.78. The normalized spacial score (nSPS) is 14.1. The lowest BCUT2D eigenvalue weighted by molar-refractivity contribution is -0.147. The highest BCUT2D eigenvalue weighted by Gasteiger charge is 2.31. The molecule has 0 spiro atoms. The van der Waals surface area contributed by atoms with Crippen LogP contribution in [0.2, 0.25) is 0 Å². The summed E-state index contributed by atoms with van der Waals surface area (Å²) < 4.78 is 4.83. The highest BCUT2D eigenvalue weighted by Crippen LogP contribution is 2.23. The van der Waals surface area contributed by atoms with E-state index >= 15 is 0 Å². The van der Waals surface area contributed by atoms with Crippen LogP contribution in [0.4, 0.5) is 0 Å². The van der Waals surface area contributed by atoms with Crippen LogP contribution in [0.25, 0.3) is 0 Å². The van der Waals surface area contributed by atoms with Gasteiger partial charge in [0.1, 0.15) is 6.04 Å². The molecule has 0 aliphatic carbocycles. The second-order valence-corrected chi connectivity index (χ2v) is 3.57. The van der Waals surface area contributed by atoms with E-state index in [2.05, 4.69) is 0 Å². The van der Waals surface area contributed by atoms with E-state index in [0.29, 0.717) is 6.61 Å². The molecule has 1 atom stereocenters. The smallest absolute Gasteiger partial charge is 0.323 e. The number of ether oxygens (including phenoxy) is 1. The number of carbonyl (C=O) groups excluding carboxylic acids is 1. The average molecular weight is 173 g/mol. The molecular weight excluding hydrogens is 154 g/mol. The lowest BCUT2D eigenvalue weighted by Gasteiger charge is -2.28. The lowest BCUT2D eigenvalue weighted by Crippen LogP contribution is -2.44. The lowest BCUT2D eigenvalue weighted by atomic mass is 9.82. The van der Waals surface area contributed by atoms with Crippen LogP contribution in [-0.2, 0) is 9.53 Å². The van der Waals surface area contributed by atoms with Crippen molar-refractivity contribution >= 4 is 5.97 Å². The summed E-state index contributed by atoms with van der Waals surface area (Å²) in [6.07, 6.45) is 0.868. The quantitative estimate of drug-likeness (QED) is 0.652. The minimum atomic E-state index is -0.512. The van der Waals surface area contributed by atoms with Crippen LogP contribution in [0.5, 0.6) is 0 Å². The third-order valence-electron chi connectivity index (χ3n) is 2.29. The average Bonchev–Trinajstić information content (AvgIpc) is 2.03. The summed E-state index contributed by atoms with van der Waals surface area (Å²) in [6.45, 7) is 8.12. The van der Waals surface area contributed by atoms with Gasteiger partial charge in [-0.1, -0.05) is 20.8 Å². The molecule has 0 amide bonds. The van der Waals surface area contributed by atoms with E-state index in [1.54, 1.807) is 6.92 Å². The fourth-order valence-electron chi connectivity index (χ4n) is 0.771. The zero-order valence-electron chi connectivity index (χ0n) is 8.39. The van der Waals surface area contributed by atoms with Gasteiger partial charge in [-0.25, -0.2) is 0 Å². The maximum absolute atomic E-state index is 11.2. The van der Waals surface area contributed by atoms with E-state index in [0.717, 1.165) is 6.42 Å². The Balaban J connectivity index is 4.17. The predicted molar refractivity (Wildman–Crippen MR) is 48.7 cm³/mol. The van der Waals surface area contributed by atoms with E-state index in [-0.39, 0.29) is 11.4 Å². The maximum atomic E-state index is 11.2. The molecule has 0 aromatic rings. The minimum Gasteiger partial charge on any atom is -0.465 e. The van der Waals surface area contributed by atoms with Crippen LogP contribution < -0.4 is 5.73 Å². The first-order chi connectivity index (χ1) is 5.45. The van der Waals surface area contributed by atoms with Crippen LogP contribution in [0, 0.1) is 5.41 Å². The van der Waals surface area contributed by atoms with Crippen molar-refractivity contribution in [2.75, 3.05) is 6.61 Å². The minimum absolute atomic E-state index is 0.174. The van der Waals surface area contributed by atoms with Gasteiger partial charge in [-0.2, -0.15) is 0 Å². The second-order valence-electron chi connectivity index (χ2n) is 3.57. The van der Waals surface area contributed by atoms with Crippen LogP contribution in [0.1, 0.15) is 34.1 Å². The third kappa shape index (κ3) is 2.81. The number of carbonyl (C=O) groups is 1. The van der Waals surface area contributed by atoms with E-state index in [1.807, 2.05) is 20.8 Å². The number of esters is 1. The molecule has 0 aliphatic rings. The fraction of sp³-hybridized carbons (Fsp3) is 0.889. The molecule has 3 nitrogen and oxygen atoms in total. The maximum Gasteiger partial charge on any atom is 0.323 e. The van der Waals surface area contributed by atoms with Gasteiger partial charge in [-0.3, -0.25) is 4.79 Å². The Labute approximate surface area is 74.3 Å². The van der Waals surface area contributed by atoms with Gasteiger partial charge in [-0.05, 0) is 18.8 Å². The molecule has 0 heterocycles. The first-order valence-electron chi connectivity index (χ1n) is 4.38. The predicted octanol–water partition coefficient (Wildman–Crippen LogP) is 1.31. The second kappa shape index (κ2) is 4.45. The zero-order valence-corrected chi connectivity index (χ0v) is 8.39. The van der Waals surface area contributed by atoms with E-state index in [4.69, 9.17) is 10.5 Å². The van der Waals surface area contributed by atoms with E-state index in [1.165, 1.54) is 0 Å². The summed E-state index contributed by atoms with van der Waals surface area (Å²) in [5, 5.41) is 0. The summed E-state index contributed by atoms with van der Waals surface area (Å²) in [5.41, 5.74) is 5.54. The van der Waals surface area contributed by atoms with E-state index in [9.17, 15) is 4.79 Å². The van der Waals surface area contributed by atoms with Crippen molar-refractivity contribution in [3.63, 3.8) is 0 Å². The van der Waals surface area contributed by atoms with Crippen molar-refractivity contribution in [3.05, 3.63) is 0 Å². The molecule has 72 valence electrons. The molecule has 0 aliphatic heterocycles. The molecule has 12 heavy (non-hydrogen) atoms. The molecule has 2 N–H and O–H groups in total. The van der Waals surface area contributed by atoms with Crippen molar-refractivity contribution in [2.24, 2.45) is 11.1 Å². The topological polar surface area (TPSA) is 52.3 Å². The molecule has 0 radical (unpaired) electrons. The van der Waals surface area contributed by atoms with Crippen LogP contribution >= 0.6 is 0 Å². The summed E-state index contributed by atoms with van der Waals surface area (Å²) in [6, 6.07) is -0.512. The highest BCUT2D eigenvalue weighted by atomic mass is 16.5. The van der Waals surface area contributed by atoms with Crippen molar-refractivity contribution in [2.45, 2.75) is 40.2 Å². The summed E-state index contributed by atoms with van der Waals surface area (Å²) in [4.78, 5) is 11.2. The Morgan fingerprint density at radius 2 is 2.00 bits per heavy atom. The van der Waals surface area contributed by atoms with Crippen molar-refractivity contribution in [1.29, 1.82) is 0 Å². The van der Waals surface area contributed by atoms with Gasteiger partial charge in [0.25, 0.3) is 0 Å². The SMILES string of the molecule is CCOC(=O)C(N)C(C)(C)CC. The van der Waals surface area contributed by atoms with Gasteiger partial charge in [0.15, 0.2) is 0 Å². The van der Waals surface area contributed by atoms with Gasteiger partial charge in [0, 0.05) is 0 Å². The summed E-state index contributed by atoms with van der Waals surface area (Å²) in [7, 11) is 0. The Kier molecular flexibility index (Phi) is 4.24. The Morgan fingerprint density at radius 1 is 1.50 bits per heavy atom. The highest BCUT2D eigenvalue weighted by molar-refractivity contribution is 5.76. The summed E-state index contributed by atoms with van der Waals surface area (Å²) >= 11 is 0.